The summed E-state index contributed by atoms with van der Waals surface area (Å²) < 4.78 is 51.2. The number of carbonyl (C=O) groups excluding carboxylic acids is 1. The van der Waals surface area contributed by atoms with E-state index in [2.05, 4.69) is 4.98 Å². The van der Waals surface area contributed by atoms with E-state index >= 15 is 0 Å². The Bertz CT molecular complexity index is 827. The largest absolute Gasteiger partial charge is 0.486 e. The molecule has 2 heterocycles. The number of alkyl halides is 3. The van der Waals surface area contributed by atoms with E-state index in [9.17, 15) is 18.0 Å². The van der Waals surface area contributed by atoms with Crippen molar-refractivity contribution >= 4 is 32.5 Å². The molecule has 0 saturated heterocycles. The van der Waals surface area contributed by atoms with Crippen LogP contribution in [0.5, 0.6) is 11.5 Å². The number of Topliss-reactive ketones (excluding diaryl/α,β-unsaturated/α-hetero) is 1. The number of carbonyl (C=O) groups is 1. The van der Waals surface area contributed by atoms with Crippen molar-refractivity contribution in [3.8, 4) is 11.5 Å². The second-order valence-electron chi connectivity index (χ2n) is 5.59. The first-order valence-corrected chi connectivity index (χ1v) is 7.75. The highest BCUT2D eigenvalue weighted by molar-refractivity contribution is 7.22. The number of ketones is 1. The smallest absolute Gasteiger partial charge is 0.401 e. The van der Waals surface area contributed by atoms with E-state index in [1.54, 1.807) is 0 Å². The van der Waals surface area contributed by atoms with Gasteiger partial charge in [-0.15, -0.1) is 0 Å². The predicted octanol–water partition coefficient (Wildman–Crippen LogP) is 3.17. The van der Waals surface area contributed by atoms with Crippen LogP contribution in [0.2, 0.25) is 0 Å². The van der Waals surface area contributed by atoms with Gasteiger partial charge in [0.1, 0.15) is 23.3 Å². The summed E-state index contributed by atoms with van der Waals surface area (Å²) in [4.78, 5) is 16.6. The Morgan fingerprint density at radius 3 is 2.65 bits per heavy atom. The maximum atomic E-state index is 13.3. The van der Waals surface area contributed by atoms with Crippen LogP contribution in [0.3, 0.4) is 0 Å². The molecule has 122 valence electrons. The number of rotatable bonds is 2. The molecule has 1 aromatic carbocycles. The molecule has 5 nitrogen and oxygen atoms in total. The molecule has 2 aliphatic rings. The molecule has 0 unspecified atom stereocenters. The van der Waals surface area contributed by atoms with Crippen molar-refractivity contribution in [3.63, 3.8) is 0 Å². The summed E-state index contributed by atoms with van der Waals surface area (Å²) in [6, 6.07) is 1.30. The van der Waals surface area contributed by atoms with Crippen molar-refractivity contribution in [1.82, 2.24) is 4.98 Å². The van der Waals surface area contributed by atoms with Gasteiger partial charge in [0.15, 0.2) is 22.4 Å². The highest BCUT2D eigenvalue weighted by Crippen LogP contribution is 2.60. The summed E-state index contributed by atoms with van der Waals surface area (Å²) >= 11 is 1.07. The van der Waals surface area contributed by atoms with Crippen LogP contribution in [0.1, 0.15) is 23.2 Å². The Balaban J connectivity index is 1.92. The van der Waals surface area contributed by atoms with Gasteiger partial charge in [-0.25, -0.2) is 4.98 Å². The van der Waals surface area contributed by atoms with Gasteiger partial charge in [0, 0.05) is 5.56 Å². The minimum absolute atomic E-state index is 0.105. The number of hydrogen-bond acceptors (Lipinski definition) is 6. The first kappa shape index (κ1) is 14.6. The molecule has 0 bridgehead atoms. The average molecular weight is 344 g/mol. The van der Waals surface area contributed by atoms with Gasteiger partial charge in [-0.1, -0.05) is 11.3 Å². The van der Waals surface area contributed by atoms with E-state index in [4.69, 9.17) is 15.2 Å². The van der Waals surface area contributed by atoms with Gasteiger partial charge in [-0.05, 0) is 18.9 Å². The number of ether oxygens (including phenoxy) is 2. The number of nitrogen functional groups attached to an aromatic ring is 1. The van der Waals surface area contributed by atoms with Crippen LogP contribution < -0.4 is 15.2 Å². The zero-order chi connectivity index (χ0) is 16.4. The van der Waals surface area contributed by atoms with E-state index in [1.807, 2.05) is 0 Å². The highest BCUT2D eigenvalue weighted by atomic mass is 32.1. The number of nitrogens with two attached hydrogens (primary N) is 1. The second-order valence-corrected chi connectivity index (χ2v) is 6.62. The molecule has 9 heteroatoms. The lowest BCUT2D eigenvalue weighted by Crippen LogP contribution is -2.33. The van der Waals surface area contributed by atoms with Gasteiger partial charge in [0.2, 0.25) is 0 Å². The summed E-state index contributed by atoms with van der Waals surface area (Å²) in [5.41, 5.74) is 3.42. The van der Waals surface area contributed by atoms with Crippen molar-refractivity contribution < 1.29 is 27.4 Å². The fraction of sp³-hybridized carbons (Fsp3) is 0.429. The van der Waals surface area contributed by atoms with E-state index in [1.165, 1.54) is 6.07 Å². The van der Waals surface area contributed by atoms with Crippen LogP contribution in [0.4, 0.5) is 18.3 Å². The molecule has 1 fully saturated rings. The summed E-state index contributed by atoms with van der Waals surface area (Å²) in [5.74, 6) is -0.333. The zero-order valence-corrected chi connectivity index (χ0v) is 12.5. The van der Waals surface area contributed by atoms with Crippen molar-refractivity contribution in [3.05, 3.63) is 11.6 Å². The Morgan fingerprint density at radius 1 is 1.30 bits per heavy atom. The Labute approximate surface area is 132 Å². The molecule has 23 heavy (non-hydrogen) atoms. The lowest BCUT2D eigenvalue weighted by Gasteiger charge is -2.22. The van der Waals surface area contributed by atoms with Crippen molar-refractivity contribution in [2.45, 2.75) is 19.0 Å². The minimum atomic E-state index is -4.58. The van der Waals surface area contributed by atoms with Gasteiger partial charge >= 0.3 is 6.18 Å². The molecule has 1 saturated carbocycles. The van der Waals surface area contributed by atoms with Crippen LogP contribution in [-0.2, 0) is 0 Å². The molecule has 1 aliphatic carbocycles. The normalized spacial score (nSPS) is 18.9. The Kier molecular flexibility index (Phi) is 2.85. The zero-order valence-electron chi connectivity index (χ0n) is 11.7. The van der Waals surface area contributed by atoms with Gasteiger partial charge in [0.25, 0.3) is 0 Å². The van der Waals surface area contributed by atoms with Gasteiger partial charge in [-0.2, -0.15) is 13.2 Å². The standard InChI is InChI=1S/C14H11F3N2O3S/c15-14(16,17)13(1-2-13)11(20)6-5-7-9(22-4-3-21-7)10-8(6)19-12(18)23-10/h5H,1-4H2,(H2,18,19). The van der Waals surface area contributed by atoms with Gasteiger partial charge in [-0.3, -0.25) is 4.79 Å². The topological polar surface area (TPSA) is 74.4 Å². The lowest BCUT2D eigenvalue weighted by molar-refractivity contribution is -0.171. The molecule has 1 aliphatic heterocycles. The molecule has 1 aromatic heterocycles. The number of halogens is 3. The van der Waals surface area contributed by atoms with Crippen molar-refractivity contribution in [2.75, 3.05) is 18.9 Å². The third-order valence-corrected chi connectivity index (χ3v) is 5.05. The van der Waals surface area contributed by atoms with E-state index in [0.29, 0.717) is 17.1 Å². The van der Waals surface area contributed by atoms with Crippen LogP contribution in [-0.4, -0.2) is 30.2 Å². The maximum Gasteiger partial charge on any atom is 0.401 e. The monoisotopic (exact) mass is 344 g/mol. The molecule has 0 spiro atoms. The fourth-order valence-electron chi connectivity index (χ4n) is 2.78. The van der Waals surface area contributed by atoms with Crippen molar-refractivity contribution in [2.24, 2.45) is 5.41 Å². The van der Waals surface area contributed by atoms with E-state index in [-0.39, 0.29) is 41.4 Å². The molecular weight excluding hydrogens is 333 g/mol. The molecule has 0 radical (unpaired) electrons. The number of thiazole rings is 1. The Hall–Kier alpha value is -2.03. The Morgan fingerprint density at radius 2 is 2.00 bits per heavy atom. The fourth-order valence-corrected chi connectivity index (χ4v) is 3.63. The SMILES string of the molecule is Nc1nc2c(C(=O)C3(C(F)(F)F)CC3)cc3c(c2s1)OCCO3. The summed E-state index contributed by atoms with van der Waals surface area (Å²) in [6.07, 6.45) is -4.99. The van der Waals surface area contributed by atoms with E-state index < -0.39 is 17.4 Å². The first-order valence-electron chi connectivity index (χ1n) is 6.94. The maximum absolute atomic E-state index is 13.3. The third kappa shape index (κ3) is 1.99. The molecular formula is C14H11F3N2O3S. The number of anilines is 1. The minimum Gasteiger partial charge on any atom is -0.486 e. The molecule has 2 N–H and O–H groups in total. The van der Waals surface area contributed by atoms with Crippen LogP contribution in [0.15, 0.2) is 6.07 Å². The second kappa shape index (κ2) is 4.50. The van der Waals surface area contributed by atoms with E-state index in [0.717, 1.165) is 11.3 Å². The van der Waals surface area contributed by atoms with Crippen molar-refractivity contribution in [1.29, 1.82) is 0 Å². The average Bonchev–Trinajstić information content (AvgIpc) is 3.22. The van der Waals surface area contributed by atoms with Gasteiger partial charge in [0.05, 0.1) is 5.52 Å². The lowest BCUT2D eigenvalue weighted by atomic mass is 9.93. The molecule has 0 amide bonds. The number of aromatic nitrogens is 1. The summed E-state index contributed by atoms with van der Waals surface area (Å²) in [6.45, 7) is 0.588. The summed E-state index contributed by atoms with van der Waals surface area (Å²) in [7, 11) is 0. The van der Waals surface area contributed by atoms with Crippen LogP contribution in [0, 0.1) is 5.41 Å². The molecule has 2 aromatic rings. The first-order chi connectivity index (χ1) is 10.8. The van der Waals surface area contributed by atoms with Crippen LogP contribution >= 0.6 is 11.3 Å². The summed E-state index contributed by atoms with van der Waals surface area (Å²) in [5, 5.41) is 0.161. The van der Waals surface area contributed by atoms with Gasteiger partial charge < -0.3 is 15.2 Å². The third-order valence-electron chi connectivity index (χ3n) is 4.16. The number of hydrogen-bond donors (Lipinski definition) is 1. The van der Waals surface area contributed by atoms with Crippen LogP contribution in [0.25, 0.3) is 10.2 Å². The number of nitrogens with zero attached hydrogens (tertiary/aromatic N) is 1. The number of fused-ring (bicyclic) bond motifs is 3. The molecule has 4 rings (SSSR count). The number of benzene rings is 1. The molecule has 0 atom stereocenters. The predicted molar refractivity (Wildman–Crippen MR) is 77.1 cm³/mol. The highest BCUT2D eigenvalue weighted by Gasteiger charge is 2.68. The quantitative estimate of drug-likeness (QED) is 0.847.